The molecule has 0 aromatic heterocycles. The zero-order valence-corrected chi connectivity index (χ0v) is 13.1. The van der Waals surface area contributed by atoms with E-state index in [1.165, 1.54) is 51.6 Å². The fourth-order valence-electron chi connectivity index (χ4n) is 5.42. The molecule has 0 bridgehead atoms. The molecule has 0 amide bonds. The molecule has 2 heteroatoms. The Kier molecular flexibility index (Phi) is 3.68. The van der Waals surface area contributed by atoms with E-state index in [4.69, 9.17) is 5.73 Å². The zero-order chi connectivity index (χ0) is 13.6. The van der Waals surface area contributed by atoms with E-state index in [0.717, 1.165) is 23.8 Å². The van der Waals surface area contributed by atoms with Crippen LogP contribution in [0.1, 0.15) is 59.3 Å². The highest BCUT2D eigenvalue weighted by Crippen LogP contribution is 2.44. The lowest BCUT2D eigenvalue weighted by Crippen LogP contribution is -2.43. The lowest BCUT2D eigenvalue weighted by atomic mass is 9.70. The van der Waals surface area contributed by atoms with Gasteiger partial charge in [0, 0.05) is 25.2 Å². The van der Waals surface area contributed by atoms with Crippen molar-refractivity contribution in [3.63, 3.8) is 0 Å². The number of nitrogens with zero attached hydrogens (tertiary/aromatic N) is 1. The summed E-state index contributed by atoms with van der Waals surface area (Å²) in [5.74, 6) is 2.60. The van der Waals surface area contributed by atoms with Crippen LogP contribution in [0, 0.1) is 23.2 Å². The maximum absolute atomic E-state index is 6.37. The standard InChI is InChI=1S/C17H32N2/c1-12-7-14(9-17(2,3)8-12)19-10-13-5-4-6-16(18)15(13)11-19/h12-16H,4-11,18H2,1-3H3. The Morgan fingerprint density at radius 1 is 1.11 bits per heavy atom. The first-order valence-corrected chi connectivity index (χ1v) is 8.44. The van der Waals surface area contributed by atoms with Crippen LogP contribution in [0.25, 0.3) is 0 Å². The van der Waals surface area contributed by atoms with E-state index in [1.807, 2.05) is 0 Å². The molecule has 3 rings (SSSR count). The summed E-state index contributed by atoms with van der Waals surface area (Å²) in [5.41, 5.74) is 6.91. The zero-order valence-electron chi connectivity index (χ0n) is 13.1. The summed E-state index contributed by atoms with van der Waals surface area (Å²) in [5, 5.41) is 0. The molecule has 2 N–H and O–H groups in total. The van der Waals surface area contributed by atoms with Crippen molar-refractivity contribution in [2.24, 2.45) is 28.9 Å². The van der Waals surface area contributed by atoms with E-state index >= 15 is 0 Å². The van der Waals surface area contributed by atoms with Crippen LogP contribution in [0.5, 0.6) is 0 Å². The highest BCUT2D eigenvalue weighted by Gasteiger charge is 2.43. The maximum atomic E-state index is 6.37. The van der Waals surface area contributed by atoms with Gasteiger partial charge in [0.15, 0.2) is 0 Å². The molecule has 2 nitrogen and oxygen atoms in total. The number of rotatable bonds is 1. The molecule has 0 aromatic rings. The Bertz CT molecular complexity index is 325. The molecule has 3 fully saturated rings. The Hall–Kier alpha value is -0.0800. The van der Waals surface area contributed by atoms with Crippen molar-refractivity contribution >= 4 is 0 Å². The molecule has 1 heterocycles. The molecular formula is C17H32N2. The molecule has 110 valence electrons. The van der Waals surface area contributed by atoms with Crippen LogP contribution in [-0.4, -0.2) is 30.1 Å². The van der Waals surface area contributed by atoms with Gasteiger partial charge in [0.2, 0.25) is 0 Å². The fraction of sp³-hybridized carbons (Fsp3) is 1.00. The summed E-state index contributed by atoms with van der Waals surface area (Å²) in [6.45, 7) is 10.0. The van der Waals surface area contributed by atoms with Crippen molar-refractivity contribution in [1.29, 1.82) is 0 Å². The van der Waals surface area contributed by atoms with E-state index in [-0.39, 0.29) is 0 Å². The van der Waals surface area contributed by atoms with Crippen LogP contribution in [0.2, 0.25) is 0 Å². The van der Waals surface area contributed by atoms with E-state index in [2.05, 4.69) is 25.7 Å². The van der Waals surface area contributed by atoms with Gasteiger partial charge in [-0.05, 0) is 55.3 Å². The summed E-state index contributed by atoms with van der Waals surface area (Å²) < 4.78 is 0. The molecule has 0 spiro atoms. The number of likely N-dealkylation sites (tertiary alicyclic amines) is 1. The summed E-state index contributed by atoms with van der Waals surface area (Å²) in [6, 6.07) is 1.31. The van der Waals surface area contributed by atoms with Crippen molar-refractivity contribution in [2.75, 3.05) is 13.1 Å². The minimum atomic E-state index is 0.484. The van der Waals surface area contributed by atoms with Gasteiger partial charge in [-0.1, -0.05) is 27.2 Å². The SMILES string of the molecule is CC1CC(N2CC3CCCC(N)C3C2)CC(C)(C)C1. The lowest BCUT2D eigenvalue weighted by molar-refractivity contribution is 0.0780. The fourth-order valence-corrected chi connectivity index (χ4v) is 5.42. The van der Waals surface area contributed by atoms with Gasteiger partial charge in [-0.15, -0.1) is 0 Å². The molecule has 2 saturated carbocycles. The average molecular weight is 264 g/mol. The van der Waals surface area contributed by atoms with Crippen molar-refractivity contribution in [2.45, 2.75) is 71.4 Å². The topological polar surface area (TPSA) is 29.3 Å². The van der Waals surface area contributed by atoms with Gasteiger partial charge < -0.3 is 5.73 Å². The Morgan fingerprint density at radius 3 is 2.58 bits per heavy atom. The van der Waals surface area contributed by atoms with Gasteiger partial charge in [0.05, 0.1) is 0 Å². The van der Waals surface area contributed by atoms with Crippen LogP contribution >= 0.6 is 0 Å². The summed E-state index contributed by atoms with van der Waals surface area (Å²) in [4.78, 5) is 2.82. The number of nitrogens with two attached hydrogens (primary N) is 1. The number of hydrogen-bond acceptors (Lipinski definition) is 2. The van der Waals surface area contributed by atoms with Crippen molar-refractivity contribution in [3.05, 3.63) is 0 Å². The first-order chi connectivity index (χ1) is 8.94. The van der Waals surface area contributed by atoms with E-state index in [1.54, 1.807) is 0 Å². The minimum absolute atomic E-state index is 0.484. The molecular weight excluding hydrogens is 232 g/mol. The normalized spacial score (nSPS) is 47.1. The second kappa shape index (κ2) is 5.04. The van der Waals surface area contributed by atoms with E-state index in [9.17, 15) is 0 Å². The van der Waals surface area contributed by atoms with Gasteiger partial charge in [-0.25, -0.2) is 0 Å². The molecule has 1 aliphatic heterocycles. The smallest absolute Gasteiger partial charge is 0.0103 e. The van der Waals surface area contributed by atoms with Crippen molar-refractivity contribution in [3.8, 4) is 0 Å². The highest BCUT2D eigenvalue weighted by molar-refractivity contribution is 4.97. The highest BCUT2D eigenvalue weighted by atomic mass is 15.2. The Morgan fingerprint density at radius 2 is 1.89 bits per heavy atom. The lowest BCUT2D eigenvalue weighted by Gasteiger charge is -2.43. The predicted molar refractivity (Wildman–Crippen MR) is 81.0 cm³/mol. The van der Waals surface area contributed by atoms with Crippen LogP contribution in [0.15, 0.2) is 0 Å². The largest absolute Gasteiger partial charge is 0.327 e. The molecule has 0 aromatic carbocycles. The maximum Gasteiger partial charge on any atom is 0.0103 e. The molecule has 1 saturated heterocycles. The van der Waals surface area contributed by atoms with Crippen LogP contribution in [0.3, 0.4) is 0 Å². The number of hydrogen-bond donors (Lipinski definition) is 1. The summed E-state index contributed by atoms with van der Waals surface area (Å²) in [6.07, 6.45) is 8.28. The van der Waals surface area contributed by atoms with Crippen LogP contribution in [-0.2, 0) is 0 Å². The van der Waals surface area contributed by atoms with E-state index < -0.39 is 0 Å². The van der Waals surface area contributed by atoms with Gasteiger partial charge in [-0.2, -0.15) is 0 Å². The third-order valence-electron chi connectivity index (χ3n) is 6.06. The third kappa shape index (κ3) is 2.85. The van der Waals surface area contributed by atoms with Crippen molar-refractivity contribution < 1.29 is 0 Å². The quantitative estimate of drug-likeness (QED) is 0.787. The molecule has 2 aliphatic carbocycles. The molecule has 0 radical (unpaired) electrons. The Labute approximate surface area is 119 Å². The third-order valence-corrected chi connectivity index (χ3v) is 6.06. The van der Waals surface area contributed by atoms with Gasteiger partial charge in [0.25, 0.3) is 0 Å². The molecule has 5 unspecified atom stereocenters. The second-order valence-corrected chi connectivity index (χ2v) is 8.54. The average Bonchev–Trinajstić information content (AvgIpc) is 2.71. The monoisotopic (exact) mass is 264 g/mol. The molecule has 19 heavy (non-hydrogen) atoms. The predicted octanol–water partition coefficient (Wildman–Crippen LogP) is 3.26. The molecule has 3 aliphatic rings. The minimum Gasteiger partial charge on any atom is -0.327 e. The van der Waals surface area contributed by atoms with Gasteiger partial charge >= 0.3 is 0 Å². The van der Waals surface area contributed by atoms with Crippen LogP contribution < -0.4 is 5.73 Å². The Balaban J connectivity index is 1.67. The first kappa shape index (κ1) is 13.9. The summed E-state index contributed by atoms with van der Waals surface area (Å²) in [7, 11) is 0. The van der Waals surface area contributed by atoms with Crippen LogP contribution in [0.4, 0.5) is 0 Å². The second-order valence-electron chi connectivity index (χ2n) is 8.54. The number of fused-ring (bicyclic) bond motifs is 1. The van der Waals surface area contributed by atoms with Gasteiger partial charge in [0.1, 0.15) is 0 Å². The first-order valence-electron chi connectivity index (χ1n) is 8.44. The van der Waals surface area contributed by atoms with Crippen molar-refractivity contribution in [1.82, 2.24) is 4.90 Å². The molecule has 5 atom stereocenters. The van der Waals surface area contributed by atoms with Gasteiger partial charge in [-0.3, -0.25) is 4.90 Å². The van der Waals surface area contributed by atoms with E-state index in [0.29, 0.717) is 11.5 Å². The summed E-state index contributed by atoms with van der Waals surface area (Å²) >= 11 is 0.